The maximum Gasteiger partial charge on any atom is 0.417 e. The van der Waals surface area contributed by atoms with Crippen LogP contribution >= 0.6 is 24.0 Å². The van der Waals surface area contributed by atoms with E-state index in [1.807, 2.05) is 0 Å². The second-order valence-corrected chi connectivity index (χ2v) is 6.12. The Kier molecular flexibility index (Phi) is 7.17. The van der Waals surface area contributed by atoms with E-state index in [2.05, 4.69) is 20.5 Å². The van der Waals surface area contributed by atoms with Gasteiger partial charge in [0, 0.05) is 17.8 Å². The summed E-state index contributed by atoms with van der Waals surface area (Å²) in [5.41, 5.74) is 10.1. The van der Waals surface area contributed by atoms with Gasteiger partial charge in [-0.25, -0.2) is 5.10 Å². The lowest BCUT2D eigenvalue weighted by molar-refractivity contribution is -0.137. The van der Waals surface area contributed by atoms with E-state index in [4.69, 9.17) is 27.8 Å². The molecule has 0 saturated heterocycles. The van der Waals surface area contributed by atoms with Gasteiger partial charge in [0.05, 0.1) is 10.6 Å². The third-order valence-corrected chi connectivity index (χ3v) is 3.98. The molecule has 0 unspecified atom stereocenters. The highest BCUT2D eigenvalue weighted by Gasteiger charge is 2.35. The standard InChI is InChI=1S/C17H16ClF3N6O.ClH/c18-13-8-10(24-16-25-15(23)26-27-16)7-12(17(19,20)21)14(13)9-1-3-11(4-2-9)28-6-5-22;/h1-4,7-8H,5-6,22H2,(H4,23,24,25,26,27);1H. The maximum atomic E-state index is 13.7. The largest absolute Gasteiger partial charge is 0.492 e. The summed E-state index contributed by atoms with van der Waals surface area (Å²) >= 11 is 6.21. The fourth-order valence-corrected chi connectivity index (χ4v) is 2.88. The number of benzene rings is 2. The molecule has 156 valence electrons. The Bertz CT molecular complexity index is 963. The predicted octanol–water partition coefficient (Wildman–Crippen LogP) is 4.23. The molecule has 0 atom stereocenters. The number of ether oxygens (including phenoxy) is 1. The fourth-order valence-electron chi connectivity index (χ4n) is 2.55. The zero-order valence-corrected chi connectivity index (χ0v) is 16.3. The SMILES string of the molecule is Cl.NCCOc1ccc(-c2c(Cl)cc(Nc3n[nH]c(N)n3)cc2C(F)(F)F)cc1. The summed E-state index contributed by atoms with van der Waals surface area (Å²) < 4.78 is 46.4. The van der Waals surface area contributed by atoms with Gasteiger partial charge in [-0.3, -0.25) is 0 Å². The van der Waals surface area contributed by atoms with E-state index in [0.717, 1.165) is 6.07 Å². The maximum absolute atomic E-state index is 13.7. The zero-order chi connectivity index (χ0) is 20.3. The number of halogens is 5. The number of aromatic amines is 1. The number of nitrogens with zero attached hydrogens (tertiary/aromatic N) is 2. The number of aromatic nitrogens is 3. The van der Waals surface area contributed by atoms with Crippen molar-refractivity contribution in [1.29, 1.82) is 0 Å². The topological polar surface area (TPSA) is 115 Å². The van der Waals surface area contributed by atoms with E-state index in [0.29, 0.717) is 24.5 Å². The predicted molar refractivity (Wildman–Crippen MR) is 108 cm³/mol. The van der Waals surface area contributed by atoms with Crippen molar-refractivity contribution in [1.82, 2.24) is 15.2 Å². The quantitative estimate of drug-likeness (QED) is 0.448. The van der Waals surface area contributed by atoms with Crippen LogP contribution in [0.2, 0.25) is 5.02 Å². The van der Waals surface area contributed by atoms with Gasteiger partial charge in [-0.1, -0.05) is 23.7 Å². The third-order valence-electron chi connectivity index (χ3n) is 3.68. The number of nitrogens with one attached hydrogen (secondary N) is 2. The molecule has 12 heteroatoms. The molecule has 0 aliphatic rings. The van der Waals surface area contributed by atoms with Crippen LogP contribution in [0.15, 0.2) is 36.4 Å². The smallest absolute Gasteiger partial charge is 0.417 e. The molecule has 0 aliphatic carbocycles. The molecule has 3 rings (SSSR count). The van der Waals surface area contributed by atoms with Crippen molar-refractivity contribution in [2.75, 3.05) is 24.2 Å². The van der Waals surface area contributed by atoms with Gasteiger partial charge in [0.1, 0.15) is 12.4 Å². The molecule has 7 nitrogen and oxygen atoms in total. The van der Waals surface area contributed by atoms with Gasteiger partial charge in [-0.05, 0) is 29.8 Å². The highest BCUT2D eigenvalue weighted by Crippen LogP contribution is 2.43. The summed E-state index contributed by atoms with van der Waals surface area (Å²) in [6.07, 6.45) is -4.64. The minimum atomic E-state index is -4.64. The molecule has 2 aromatic carbocycles. The molecule has 6 N–H and O–H groups in total. The highest BCUT2D eigenvalue weighted by atomic mass is 35.5. The van der Waals surface area contributed by atoms with Crippen LogP contribution in [0.3, 0.4) is 0 Å². The Hall–Kier alpha value is -2.69. The second-order valence-electron chi connectivity index (χ2n) is 5.71. The van der Waals surface area contributed by atoms with E-state index in [1.54, 1.807) is 12.1 Å². The summed E-state index contributed by atoms with van der Waals surface area (Å²) in [5, 5.41) is 8.67. The van der Waals surface area contributed by atoms with Crippen molar-refractivity contribution in [3.8, 4) is 16.9 Å². The Balaban J connectivity index is 0.00000300. The molecular formula is C17H17Cl2F3N6O. The lowest BCUT2D eigenvalue weighted by atomic mass is 9.98. The number of anilines is 3. The van der Waals surface area contributed by atoms with Gasteiger partial charge in [0.2, 0.25) is 11.9 Å². The highest BCUT2D eigenvalue weighted by molar-refractivity contribution is 6.34. The van der Waals surface area contributed by atoms with Crippen LogP contribution in [0.1, 0.15) is 5.56 Å². The van der Waals surface area contributed by atoms with Crippen molar-refractivity contribution >= 4 is 41.6 Å². The Labute approximate surface area is 175 Å². The van der Waals surface area contributed by atoms with Crippen molar-refractivity contribution in [2.45, 2.75) is 6.18 Å². The first-order chi connectivity index (χ1) is 13.3. The Morgan fingerprint density at radius 1 is 1.17 bits per heavy atom. The Morgan fingerprint density at radius 2 is 1.86 bits per heavy atom. The van der Waals surface area contributed by atoms with Crippen LogP contribution < -0.4 is 21.5 Å². The van der Waals surface area contributed by atoms with Gasteiger partial charge >= 0.3 is 6.18 Å². The number of H-pyrrole nitrogens is 1. The average Bonchev–Trinajstić information content (AvgIpc) is 3.04. The van der Waals surface area contributed by atoms with E-state index in [1.165, 1.54) is 18.2 Å². The van der Waals surface area contributed by atoms with Gasteiger partial charge < -0.3 is 21.5 Å². The molecule has 0 saturated carbocycles. The van der Waals surface area contributed by atoms with E-state index >= 15 is 0 Å². The summed E-state index contributed by atoms with van der Waals surface area (Å²) in [4.78, 5) is 3.80. The van der Waals surface area contributed by atoms with Crippen LogP contribution in [0.25, 0.3) is 11.1 Å². The van der Waals surface area contributed by atoms with Crippen LogP contribution in [0.5, 0.6) is 5.75 Å². The number of rotatable bonds is 6. The first-order valence-electron chi connectivity index (χ1n) is 8.07. The summed E-state index contributed by atoms with van der Waals surface area (Å²) in [7, 11) is 0. The lowest BCUT2D eigenvalue weighted by Gasteiger charge is -2.17. The van der Waals surface area contributed by atoms with Crippen molar-refractivity contribution < 1.29 is 17.9 Å². The average molecular weight is 449 g/mol. The molecule has 3 aromatic rings. The van der Waals surface area contributed by atoms with E-state index in [-0.39, 0.29) is 40.6 Å². The minimum Gasteiger partial charge on any atom is -0.492 e. The summed E-state index contributed by atoms with van der Waals surface area (Å²) in [6.45, 7) is 0.636. The van der Waals surface area contributed by atoms with Crippen molar-refractivity contribution in [2.24, 2.45) is 5.73 Å². The molecule has 1 heterocycles. The molecule has 0 spiro atoms. The number of alkyl halides is 3. The molecule has 0 bridgehead atoms. The Morgan fingerprint density at radius 3 is 2.41 bits per heavy atom. The van der Waals surface area contributed by atoms with Gasteiger partial charge in [-0.15, -0.1) is 17.5 Å². The normalized spacial score (nSPS) is 11.1. The second kappa shape index (κ2) is 9.21. The van der Waals surface area contributed by atoms with Crippen molar-refractivity contribution in [3.63, 3.8) is 0 Å². The van der Waals surface area contributed by atoms with E-state index in [9.17, 15) is 13.2 Å². The molecule has 29 heavy (non-hydrogen) atoms. The van der Waals surface area contributed by atoms with Gasteiger partial charge in [-0.2, -0.15) is 18.2 Å². The van der Waals surface area contributed by atoms with Crippen molar-refractivity contribution in [3.05, 3.63) is 47.0 Å². The number of hydrogen-bond acceptors (Lipinski definition) is 6. The van der Waals surface area contributed by atoms with E-state index < -0.39 is 11.7 Å². The lowest BCUT2D eigenvalue weighted by Crippen LogP contribution is -2.10. The third kappa shape index (κ3) is 5.43. The summed E-state index contributed by atoms with van der Waals surface area (Å²) in [6, 6.07) is 8.43. The number of hydrogen-bond donors (Lipinski definition) is 4. The first kappa shape index (κ1) is 22.6. The molecule has 1 aromatic heterocycles. The fraction of sp³-hybridized carbons (Fsp3) is 0.176. The first-order valence-corrected chi connectivity index (χ1v) is 8.44. The summed E-state index contributed by atoms with van der Waals surface area (Å²) in [5.74, 6) is 0.549. The van der Waals surface area contributed by atoms with Crippen LogP contribution in [-0.4, -0.2) is 28.3 Å². The zero-order valence-electron chi connectivity index (χ0n) is 14.8. The van der Waals surface area contributed by atoms with Crippen LogP contribution in [0.4, 0.5) is 30.8 Å². The van der Waals surface area contributed by atoms with Gasteiger partial charge in [0.15, 0.2) is 0 Å². The number of nitrogen functional groups attached to an aromatic ring is 1. The van der Waals surface area contributed by atoms with Crippen LogP contribution in [-0.2, 0) is 6.18 Å². The van der Waals surface area contributed by atoms with Crippen LogP contribution in [0, 0.1) is 0 Å². The molecule has 0 amide bonds. The molecule has 0 fully saturated rings. The molecular weight excluding hydrogens is 432 g/mol. The molecule has 0 radical (unpaired) electrons. The minimum absolute atomic E-state index is 0. The molecule has 0 aliphatic heterocycles. The van der Waals surface area contributed by atoms with Gasteiger partial charge in [0.25, 0.3) is 0 Å². The monoisotopic (exact) mass is 448 g/mol. The number of nitrogens with two attached hydrogens (primary N) is 2.